The number of thiophene rings is 1. The number of hydrogen-bond donors (Lipinski definition) is 0. The van der Waals surface area contributed by atoms with Crippen molar-refractivity contribution < 1.29 is 9.59 Å². The molecule has 0 spiro atoms. The topological polar surface area (TPSA) is 40.6 Å². The zero-order valence-electron chi connectivity index (χ0n) is 15.9. The monoisotopic (exact) mass is 400 g/mol. The first-order valence-electron chi connectivity index (χ1n) is 9.78. The van der Waals surface area contributed by atoms with Crippen molar-refractivity contribution >= 4 is 34.4 Å². The lowest BCUT2D eigenvalue weighted by atomic mass is 10.1. The average Bonchev–Trinajstić information content (AvgIpc) is 3.46. The van der Waals surface area contributed by atoms with Crippen molar-refractivity contribution in [1.82, 2.24) is 4.90 Å². The van der Waals surface area contributed by atoms with Gasteiger partial charge in [-0.2, -0.15) is 0 Å². The van der Waals surface area contributed by atoms with Gasteiger partial charge in [0.05, 0.1) is 5.57 Å². The van der Waals surface area contributed by atoms with E-state index in [9.17, 15) is 9.59 Å². The molecule has 0 saturated carbocycles. The fraction of sp³-hybridized carbons (Fsp3) is 0.167. The molecule has 0 unspecified atom stereocenters. The number of fused-ring (bicyclic) bond motifs is 1. The molecule has 0 radical (unpaired) electrons. The van der Waals surface area contributed by atoms with Gasteiger partial charge in [-0.25, -0.2) is 0 Å². The summed E-state index contributed by atoms with van der Waals surface area (Å²) in [5.41, 5.74) is 4.42. The van der Waals surface area contributed by atoms with E-state index in [2.05, 4.69) is 6.07 Å². The van der Waals surface area contributed by atoms with Crippen LogP contribution in [-0.2, 0) is 22.4 Å². The SMILES string of the molecule is O=C1C(c2cccs2)=C(N2CCc3ccccc32)C(=O)N1CCc1ccccc1. The van der Waals surface area contributed by atoms with Gasteiger partial charge in [0.25, 0.3) is 11.8 Å². The Morgan fingerprint density at radius 1 is 0.862 bits per heavy atom. The van der Waals surface area contributed by atoms with Crippen LogP contribution in [0.5, 0.6) is 0 Å². The Bertz CT molecular complexity index is 1100. The summed E-state index contributed by atoms with van der Waals surface area (Å²) in [6.07, 6.45) is 1.53. The second kappa shape index (κ2) is 7.33. The minimum absolute atomic E-state index is 0.187. The van der Waals surface area contributed by atoms with Crippen LogP contribution in [0.1, 0.15) is 16.0 Å². The first kappa shape index (κ1) is 17.9. The number of para-hydroxylation sites is 1. The maximum atomic E-state index is 13.4. The molecule has 5 rings (SSSR count). The zero-order valence-corrected chi connectivity index (χ0v) is 16.7. The van der Waals surface area contributed by atoms with Crippen molar-refractivity contribution in [3.05, 3.63) is 93.8 Å². The lowest BCUT2D eigenvalue weighted by Gasteiger charge is -2.21. The highest BCUT2D eigenvalue weighted by atomic mass is 32.1. The number of nitrogens with zero attached hydrogens (tertiary/aromatic N) is 2. The molecule has 4 nitrogen and oxygen atoms in total. The second-order valence-corrected chi connectivity index (χ2v) is 8.18. The van der Waals surface area contributed by atoms with Gasteiger partial charge < -0.3 is 4.90 Å². The molecular formula is C24H20N2O2S. The van der Waals surface area contributed by atoms with E-state index in [1.807, 2.05) is 70.9 Å². The largest absolute Gasteiger partial charge is 0.336 e. The van der Waals surface area contributed by atoms with E-state index >= 15 is 0 Å². The normalized spacial score (nSPS) is 16.1. The third-order valence-corrected chi connectivity index (χ3v) is 6.42. The van der Waals surface area contributed by atoms with E-state index in [1.54, 1.807) is 0 Å². The fourth-order valence-electron chi connectivity index (χ4n) is 4.12. The smallest absolute Gasteiger partial charge is 0.278 e. The maximum absolute atomic E-state index is 13.4. The van der Waals surface area contributed by atoms with E-state index in [0.717, 1.165) is 29.1 Å². The zero-order chi connectivity index (χ0) is 19.8. The maximum Gasteiger partial charge on any atom is 0.278 e. The molecule has 2 aliphatic heterocycles. The number of amides is 2. The van der Waals surface area contributed by atoms with Crippen LogP contribution < -0.4 is 4.90 Å². The molecule has 0 saturated heterocycles. The van der Waals surface area contributed by atoms with Crippen LogP contribution >= 0.6 is 11.3 Å². The predicted octanol–water partition coefficient (Wildman–Crippen LogP) is 4.13. The summed E-state index contributed by atoms with van der Waals surface area (Å²) in [7, 11) is 0. The van der Waals surface area contributed by atoms with Crippen molar-refractivity contribution in [1.29, 1.82) is 0 Å². The number of hydrogen-bond acceptors (Lipinski definition) is 4. The molecule has 2 amide bonds. The Morgan fingerprint density at radius 3 is 2.45 bits per heavy atom. The van der Waals surface area contributed by atoms with Crippen LogP contribution in [0.2, 0.25) is 0 Å². The summed E-state index contributed by atoms with van der Waals surface area (Å²) in [4.78, 5) is 31.1. The molecule has 5 heteroatoms. The Hall–Kier alpha value is -3.18. The van der Waals surface area contributed by atoms with Gasteiger partial charge in [0.1, 0.15) is 5.70 Å². The van der Waals surface area contributed by atoms with E-state index in [-0.39, 0.29) is 11.8 Å². The van der Waals surface area contributed by atoms with Crippen molar-refractivity contribution in [2.75, 3.05) is 18.0 Å². The summed E-state index contributed by atoms with van der Waals surface area (Å²) in [5.74, 6) is -0.376. The van der Waals surface area contributed by atoms with Gasteiger partial charge in [-0.05, 0) is 41.5 Å². The molecule has 1 aromatic heterocycles. The summed E-state index contributed by atoms with van der Waals surface area (Å²) >= 11 is 1.50. The number of imide groups is 1. The Morgan fingerprint density at radius 2 is 1.66 bits per heavy atom. The molecule has 3 aromatic rings. The Labute approximate surface area is 173 Å². The number of rotatable bonds is 5. The van der Waals surface area contributed by atoms with Gasteiger partial charge in [-0.1, -0.05) is 54.6 Å². The van der Waals surface area contributed by atoms with E-state index in [0.29, 0.717) is 24.2 Å². The van der Waals surface area contributed by atoms with Crippen molar-refractivity contribution in [2.45, 2.75) is 12.8 Å². The molecule has 2 aromatic carbocycles. The fourth-order valence-corrected chi connectivity index (χ4v) is 4.88. The van der Waals surface area contributed by atoms with Gasteiger partial charge >= 0.3 is 0 Å². The minimum Gasteiger partial charge on any atom is -0.336 e. The molecule has 0 atom stereocenters. The first-order valence-corrected chi connectivity index (χ1v) is 10.7. The average molecular weight is 401 g/mol. The highest BCUT2D eigenvalue weighted by Crippen LogP contribution is 2.39. The highest BCUT2D eigenvalue weighted by molar-refractivity contribution is 7.11. The van der Waals surface area contributed by atoms with Crippen LogP contribution in [0.25, 0.3) is 5.57 Å². The third kappa shape index (κ3) is 3.08. The molecule has 0 aliphatic carbocycles. The number of benzene rings is 2. The van der Waals surface area contributed by atoms with Crippen LogP contribution in [0.15, 0.2) is 77.8 Å². The van der Waals surface area contributed by atoms with Crippen LogP contribution in [0, 0.1) is 0 Å². The number of anilines is 1. The molecular weight excluding hydrogens is 380 g/mol. The molecule has 0 fully saturated rings. The summed E-state index contributed by atoms with van der Waals surface area (Å²) < 4.78 is 0. The highest BCUT2D eigenvalue weighted by Gasteiger charge is 2.43. The summed E-state index contributed by atoms with van der Waals surface area (Å²) in [6, 6.07) is 21.9. The quantitative estimate of drug-likeness (QED) is 0.605. The first-order chi connectivity index (χ1) is 14.2. The van der Waals surface area contributed by atoms with Gasteiger partial charge in [0.2, 0.25) is 0 Å². The van der Waals surface area contributed by atoms with Gasteiger partial charge in [-0.15, -0.1) is 11.3 Å². The van der Waals surface area contributed by atoms with Crippen molar-refractivity contribution in [2.24, 2.45) is 0 Å². The van der Waals surface area contributed by atoms with E-state index in [4.69, 9.17) is 0 Å². The third-order valence-electron chi connectivity index (χ3n) is 5.54. The Kier molecular flexibility index (Phi) is 4.52. The molecule has 0 N–H and O–H groups in total. The van der Waals surface area contributed by atoms with Gasteiger partial charge in [0, 0.05) is 23.7 Å². The second-order valence-electron chi connectivity index (χ2n) is 7.23. The van der Waals surface area contributed by atoms with E-state index < -0.39 is 0 Å². The minimum atomic E-state index is -0.189. The van der Waals surface area contributed by atoms with Gasteiger partial charge in [-0.3, -0.25) is 14.5 Å². The van der Waals surface area contributed by atoms with Crippen molar-refractivity contribution in [3.63, 3.8) is 0 Å². The molecule has 29 heavy (non-hydrogen) atoms. The number of carbonyl (C=O) groups is 2. The standard InChI is InChI=1S/C24H20N2O2S/c27-23-21(20-11-6-16-29-20)22(25-15-13-18-9-4-5-10-19(18)25)24(28)26(23)14-12-17-7-2-1-3-8-17/h1-11,16H,12-15H2. The molecule has 144 valence electrons. The van der Waals surface area contributed by atoms with Crippen LogP contribution in [-0.4, -0.2) is 29.8 Å². The predicted molar refractivity (Wildman–Crippen MR) is 116 cm³/mol. The van der Waals surface area contributed by atoms with Gasteiger partial charge in [0.15, 0.2) is 0 Å². The van der Waals surface area contributed by atoms with E-state index in [1.165, 1.54) is 21.8 Å². The molecule has 0 bridgehead atoms. The number of carbonyl (C=O) groups excluding carboxylic acids is 2. The lowest BCUT2D eigenvalue weighted by molar-refractivity contribution is -0.136. The van der Waals surface area contributed by atoms with Crippen LogP contribution in [0.4, 0.5) is 5.69 Å². The van der Waals surface area contributed by atoms with Crippen molar-refractivity contribution in [3.8, 4) is 0 Å². The summed E-state index contributed by atoms with van der Waals surface area (Å²) in [5, 5.41) is 1.95. The Balaban J connectivity index is 1.52. The lowest BCUT2D eigenvalue weighted by Crippen LogP contribution is -2.36. The molecule has 3 heterocycles. The summed E-state index contributed by atoms with van der Waals surface area (Å²) in [6.45, 7) is 1.10. The van der Waals surface area contributed by atoms with Crippen LogP contribution in [0.3, 0.4) is 0 Å². The molecule has 2 aliphatic rings.